The standard InChI is InChI=1S/C27H31N7O2/c1-35-23-11-10-17(12-24(23)36-20-7-3-4-8-20)15-34-16-19(13-18-6-2-5-9-22(18)34)30-25-21-14-29-33-26(21)32-27(28)31-25/h2,5-6,9-12,14,19-20H,3-4,7-8,13,15-16H2,1H3,(H4,28,29,30,31,32,33). The molecule has 0 spiro atoms. The molecule has 0 saturated heterocycles. The smallest absolute Gasteiger partial charge is 0.224 e. The summed E-state index contributed by atoms with van der Waals surface area (Å²) in [6.45, 7) is 1.57. The van der Waals surface area contributed by atoms with Gasteiger partial charge in [-0.25, -0.2) is 0 Å². The average molecular weight is 486 g/mol. The molecule has 1 fully saturated rings. The number of nitrogens with one attached hydrogen (secondary N) is 2. The molecule has 0 radical (unpaired) electrons. The molecule has 9 heteroatoms. The zero-order valence-electron chi connectivity index (χ0n) is 20.4. The second-order valence-electron chi connectivity index (χ2n) is 9.63. The van der Waals surface area contributed by atoms with Crippen molar-refractivity contribution in [3.63, 3.8) is 0 Å². The number of fused-ring (bicyclic) bond motifs is 2. The Kier molecular flexibility index (Phi) is 5.96. The summed E-state index contributed by atoms with van der Waals surface area (Å²) in [5.41, 5.74) is 10.3. The van der Waals surface area contributed by atoms with Crippen molar-refractivity contribution in [2.75, 3.05) is 29.6 Å². The molecule has 1 unspecified atom stereocenters. The number of benzene rings is 2. The number of nitrogens with two attached hydrogens (primary N) is 1. The van der Waals surface area contributed by atoms with Crippen LogP contribution in [0.15, 0.2) is 48.7 Å². The minimum absolute atomic E-state index is 0.139. The van der Waals surface area contributed by atoms with Crippen LogP contribution >= 0.6 is 0 Å². The van der Waals surface area contributed by atoms with Gasteiger partial charge in [0.25, 0.3) is 0 Å². The third-order valence-corrected chi connectivity index (χ3v) is 7.10. The minimum atomic E-state index is 0.139. The number of methoxy groups -OCH3 is 1. The molecular weight excluding hydrogens is 454 g/mol. The van der Waals surface area contributed by atoms with Crippen LogP contribution in [0.5, 0.6) is 11.5 Å². The van der Waals surface area contributed by atoms with Gasteiger partial charge in [-0.2, -0.15) is 15.1 Å². The summed E-state index contributed by atoms with van der Waals surface area (Å²) in [7, 11) is 1.70. The van der Waals surface area contributed by atoms with Crippen LogP contribution in [0.3, 0.4) is 0 Å². The first-order chi connectivity index (χ1) is 17.7. The van der Waals surface area contributed by atoms with Crippen molar-refractivity contribution in [3.05, 3.63) is 59.8 Å². The van der Waals surface area contributed by atoms with E-state index in [4.69, 9.17) is 15.2 Å². The van der Waals surface area contributed by atoms with Gasteiger partial charge in [0, 0.05) is 24.8 Å². The van der Waals surface area contributed by atoms with Gasteiger partial charge in [-0.05, 0) is 61.4 Å². The lowest BCUT2D eigenvalue weighted by Gasteiger charge is -2.37. The first kappa shape index (κ1) is 22.5. The zero-order chi connectivity index (χ0) is 24.5. The van der Waals surface area contributed by atoms with E-state index < -0.39 is 0 Å². The summed E-state index contributed by atoms with van der Waals surface area (Å²) < 4.78 is 12.0. The Labute approximate surface area is 210 Å². The maximum Gasteiger partial charge on any atom is 0.224 e. The lowest BCUT2D eigenvalue weighted by atomic mass is 9.97. The Balaban J connectivity index is 1.26. The van der Waals surface area contributed by atoms with Crippen molar-refractivity contribution in [2.24, 2.45) is 0 Å². The van der Waals surface area contributed by atoms with E-state index in [9.17, 15) is 0 Å². The quantitative estimate of drug-likeness (QED) is 0.355. The van der Waals surface area contributed by atoms with Crippen LogP contribution in [0.4, 0.5) is 17.5 Å². The molecule has 3 heterocycles. The van der Waals surface area contributed by atoms with Gasteiger partial charge in [-0.1, -0.05) is 24.3 Å². The highest BCUT2D eigenvalue weighted by Crippen LogP contribution is 2.35. The fraction of sp³-hybridized carbons (Fsp3) is 0.370. The summed E-state index contributed by atoms with van der Waals surface area (Å²) in [4.78, 5) is 11.1. The van der Waals surface area contributed by atoms with Crippen LogP contribution < -0.4 is 25.4 Å². The van der Waals surface area contributed by atoms with E-state index in [2.05, 4.69) is 66.8 Å². The molecule has 0 amide bonds. The SMILES string of the molecule is COc1ccc(CN2CC(Nc3nc(N)nc4[nH]ncc34)Cc3ccccc32)cc1OC1CCCC1. The van der Waals surface area contributed by atoms with Crippen molar-refractivity contribution < 1.29 is 9.47 Å². The lowest BCUT2D eigenvalue weighted by Crippen LogP contribution is -2.42. The van der Waals surface area contributed by atoms with E-state index in [1.807, 2.05) is 6.07 Å². The molecule has 0 bridgehead atoms. The molecule has 2 aromatic heterocycles. The Bertz CT molecular complexity index is 1370. The first-order valence-electron chi connectivity index (χ1n) is 12.6. The molecule has 4 N–H and O–H groups in total. The molecule has 2 aliphatic rings. The van der Waals surface area contributed by atoms with Gasteiger partial charge >= 0.3 is 0 Å². The van der Waals surface area contributed by atoms with Crippen LogP contribution in [-0.2, 0) is 13.0 Å². The monoisotopic (exact) mass is 485 g/mol. The molecule has 6 rings (SSSR count). The Morgan fingerprint density at radius 3 is 2.83 bits per heavy atom. The van der Waals surface area contributed by atoms with Gasteiger partial charge in [-0.15, -0.1) is 0 Å². The molecule has 1 aliphatic heterocycles. The van der Waals surface area contributed by atoms with Crippen molar-refractivity contribution in [1.29, 1.82) is 0 Å². The third-order valence-electron chi connectivity index (χ3n) is 7.10. The summed E-state index contributed by atoms with van der Waals surface area (Å²) in [5.74, 6) is 2.54. The number of nitrogen functional groups attached to an aromatic ring is 1. The Hall–Kier alpha value is -4.01. The fourth-order valence-electron chi connectivity index (χ4n) is 5.41. The van der Waals surface area contributed by atoms with E-state index in [1.165, 1.54) is 29.7 Å². The van der Waals surface area contributed by atoms with E-state index in [0.29, 0.717) is 11.5 Å². The number of aromatic nitrogens is 4. The van der Waals surface area contributed by atoms with Crippen LogP contribution in [0.1, 0.15) is 36.8 Å². The normalized spacial score (nSPS) is 17.8. The number of H-pyrrole nitrogens is 1. The number of hydrogen-bond acceptors (Lipinski definition) is 8. The van der Waals surface area contributed by atoms with Crippen molar-refractivity contribution in [2.45, 2.75) is 50.8 Å². The van der Waals surface area contributed by atoms with Crippen molar-refractivity contribution >= 4 is 28.5 Å². The number of nitrogens with zero attached hydrogens (tertiary/aromatic N) is 4. The maximum absolute atomic E-state index is 6.35. The summed E-state index contributed by atoms with van der Waals surface area (Å²) >= 11 is 0. The molecule has 1 aliphatic carbocycles. The van der Waals surface area contributed by atoms with E-state index in [1.54, 1.807) is 13.3 Å². The van der Waals surface area contributed by atoms with Crippen molar-refractivity contribution in [3.8, 4) is 11.5 Å². The van der Waals surface area contributed by atoms with Gasteiger partial charge in [0.1, 0.15) is 5.82 Å². The van der Waals surface area contributed by atoms with E-state index >= 15 is 0 Å². The zero-order valence-corrected chi connectivity index (χ0v) is 20.4. The Morgan fingerprint density at radius 2 is 1.97 bits per heavy atom. The minimum Gasteiger partial charge on any atom is -0.493 e. The first-order valence-corrected chi connectivity index (χ1v) is 12.6. The average Bonchev–Trinajstić information content (AvgIpc) is 3.56. The molecule has 4 aromatic rings. The molecule has 1 atom stereocenters. The molecule has 36 heavy (non-hydrogen) atoms. The predicted molar refractivity (Wildman–Crippen MR) is 141 cm³/mol. The molecule has 186 valence electrons. The van der Waals surface area contributed by atoms with Crippen LogP contribution in [0.2, 0.25) is 0 Å². The number of anilines is 3. The highest BCUT2D eigenvalue weighted by Gasteiger charge is 2.26. The van der Waals surface area contributed by atoms with Crippen LogP contribution in [0.25, 0.3) is 11.0 Å². The second kappa shape index (κ2) is 9.56. The van der Waals surface area contributed by atoms with Crippen LogP contribution in [0, 0.1) is 0 Å². The summed E-state index contributed by atoms with van der Waals surface area (Å²) in [6, 6.07) is 15.0. The number of aromatic amines is 1. The maximum atomic E-state index is 6.35. The highest BCUT2D eigenvalue weighted by atomic mass is 16.5. The van der Waals surface area contributed by atoms with Crippen molar-refractivity contribution in [1.82, 2.24) is 20.2 Å². The summed E-state index contributed by atoms with van der Waals surface area (Å²) in [5, 5.41) is 11.4. The largest absolute Gasteiger partial charge is 0.493 e. The second-order valence-corrected chi connectivity index (χ2v) is 9.63. The predicted octanol–water partition coefficient (Wildman–Crippen LogP) is 4.31. The number of rotatable bonds is 7. The van der Waals surface area contributed by atoms with Gasteiger partial charge < -0.3 is 25.4 Å². The fourth-order valence-corrected chi connectivity index (χ4v) is 5.41. The molecule has 2 aromatic carbocycles. The molecular formula is C27H31N7O2. The summed E-state index contributed by atoms with van der Waals surface area (Å²) in [6.07, 6.45) is 7.57. The Morgan fingerprint density at radius 1 is 1.11 bits per heavy atom. The third kappa shape index (κ3) is 4.48. The number of hydrogen-bond donors (Lipinski definition) is 3. The van der Waals surface area contributed by atoms with E-state index in [-0.39, 0.29) is 18.1 Å². The number of ether oxygens (including phenoxy) is 2. The van der Waals surface area contributed by atoms with E-state index in [0.717, 1.165) is 49.2 Å². The lowest BCUT2D eigenvalue weighted by molar-refractivity contribution is 0.200. The van der Waals surface area contributed by atoms with Gasteiger partial charge in [0.05, 0.1) is 24.8 Å². The topological polar surface area (TPSA) is 114 Å². The number of para-hydroxylation sites is 1. The van der Waals surface area contributed by atoms with Gasteiger partial charge in [0.2, 0.25) is 5.95 Å². The molecule has 9 nitrogen and oxygen atoms in total. The molecule has 1 saturated carbocycles. The van der Waals surface area contributed by atoms with Crippen LogP contribution in [-0.4, -0.2) is 46.0 Å². The van der Waals surface area contributed by atoms with Gasteiger partial charge in [-0.3, -0.25) is 5.10 Å². The highest BCUT2D eigenvalue weighted by molar-refractivity contribution is 5.87. The van der Waals surface area contributed by atoms with Gasteiger partial charge in [0.15, 0.2) is 17.1 Å².